The van der Waals surface area contributed by atoms with E-state index in [2.05, 4.69) is 42.2 Å². The number of nitrogens with zero attached hydrogens (tertiary/aromatic N) is 2. The van der Waals surface area contributed by atoms with Crippen molar-refractivity contribution in [1.82, 2.24) is 14.8 Å². The first kappa shape index (κ1) is 14.5. The average Bonchev–Trinajstić information content (AvgIpc) is 2.89. The summed E-state index contributed by atoms with van der Waals surface area (Å²) in [7, 11) is 0. The molecule has 0 bridgehead atoms. The van der Waals surface area contributed by atoms with Crippen LogP contribution in [-0.4, -0.2) is 14.8 Å². The lowest BCUT2D eigenvalue weighted by Crippen LogP contribution is -2.07. The number of para-hydroxylation sites is 1. The second kappa shape index (κ2) is 6.15. The van der Waals surface area contributed by atoms with E-state index in [9.17, 15) is 0 Å². The zero-order chi connectivity index (χ0) is 15.5. The minimum atomic E-state index is 0.352. The maximum absolute atomic E-state index is 5.79. The van der Waals surface area contributed by atoms with Crippen LogP contribution in [0.4, 0.5) is 0 Å². The van der Waals surface area contributed by atoms with Crippen LogP contribution in [0.15, 0.2) is 48.5 Å². The first-order valence-corrected chi connectivity index (χ1v) is 7.48. The molecule has 0 saturated heterocycles. The fourth-order valence-corrected chi connectivity index (χ4v) is 2.55. The third-order valence-corrected chi connectivity index (χ3v) is 3.73. The Morgan fingerprint density at radius 1 is 1.14 bits per heavy atom. The lowest BCUT2D eigenvalue weighted by atomic mass is 10.1. The highest BCUT2D eigenvalue weighted by atomic mass is 32.1. The maximum atomic E-state index is 5.79. The highest BCUT2D eigenvalue weighted by molar-refractivity contribution is 7.71. The first-order chi connectivity index (χ1) is 10.6. The second-order valence-corrected chi connectivity index (χ2v) is 5.56. The van der Waals surface area contributed by atoms with Crippen LogP contribution >= 0.6 is 12.2 Å². The Labute approximate surface area is 134 Å². The minimum absolute atomic E-state index is 0.352. The molecule has 1 heterocycles. The molecule has 1 aromatic heterocycles. The Balaban J connectivity index is 1.94. The van der Waals surface area contributed by atoms with Gasteiger partial charge in [-0.15, -0.1) is 0 Å². The number of benzene rings is 2. The molecule has 1 N–H and O–H groups in total. The molecule has 0 amide bonds. The van der Waals surface area contributed by atoms with Crippen LogP contribution in [0.5, 0.6) is 5.75 Å². The van der Waals surface area contributed by atoms with Crippen molar-refractivity contribution in [2.75, 3.05) is 0 Å². The molecule has 0 unspecified atom stereocenters. The van der Waals surface area contributed by atoms with E-state index in [1.807, 2.05) is 34.9 Å². The summed E-state index contributed by atoms with van der Waals surface area (Å²) in [6, 6.07) is 16.0. The monoisotopic (exact) mass is 311 g/mol. The van der Waals surface area contributed by atoms with E-state index in [1.165, 1.54) is 5.56 Å². The molecule has 0 atom stereocenters. The van der Waals surface area contributed by atoms with Crippen molar-refractivity contribution in [3.05, 3.63) is 70.3 Å². The van der Waals surface area contributed by atoms with Crippen LogP contribution in [0.2, 0.25) is 0 Å². The van der Waals surface area contributed by atoms with E-state index in [0.717, 1.165) is 22.8 Å². The van der Waals surface area contributed by atoms with Gasteiger partial charge in [0.15, 0.2) is 10.6 Å². The standard InChI is InChI=1S/C17H17N3OS/c1-12-8-9-13(2)15(10-12)20-16(18-19-17(20)22)11-21-14-6-4-3-5-7-14/h3-10H,11H2,1-2H3,(H,19,22). The van der Waals surface area contributed by atoms with Crippen LogP contribution in [0.1, 0.15) is 17.0 Å². The van der Waals surface area contributed by atoms with E-state index >= 15 is 0 Å². The van der Waals surface area contributed by atoms with Crippen LogP contribution in [0.3, 0.4) is 0 Å². The first-order valence-electron chi connectivity index (χ1n) is 7.07. The predicted molar refractivity (Wildman–Crippen MR) is 89.0 cm³/mol. The minimum Gasteiger partial charge on any atom is -0.486 e. The summed E-state index contributed by atoms with van der Waals surface area (Å²) < 4.78 is 8.29. The number of ether oxygens (including phenoxy) is 1. The molecule has 0 radical (unpaired) electrons. The summed E-state index contributed by atoms with van der Waals surface area (Å²) in [6.45, 7) is 4.47. The van der Waals surface area contributed by atoms with Crippen LogP contribution in [0, 0.1) is 18.6 Å². The molecule has 5 heteroatoms. The van der Waals surface area contributed by atoms with E-state index < -0.39 is 0 Å². The average molecular weight is 311 g/mol. The van der Waals surface area contributed by atoms with Crippen molar-refractivity contribution < 1.29 is 4.74 Å². The number of hydrogen-bond donors (Lipinski definition) is 1. The van der Waals surface area contributed by atoms with Gasteiger partial charge < -0.3 is 4.74 Å². The van der Waals surface area contributed by atoms with Gasteiger partial charge in [0, 0.05) is 0 Å². The Hall–Kier alpha value is -2.40. The van der Waals surface area contributed by atoms with Crippen molar-refractivity contribution in [2.24, 2.45) is 0 Å². The topological polar surface area (TPSA) is 42.8 Å². The zero-order valence-electron chi connectivity index (χ0n) is 12.5. The largest absolute Gasteiger partial charge is 0.486 e. The van der Waals surface area contributed by atoms with Gasteiger partial charge in [-0.05, 0) is 55.4 Å². The highest BCUT2D eigenvalue weighted by Crippen LogP contribution is 2.19. The Morgan fingerprint density at radius 3 is 2.68 bits per heavy atom. The fraction of sp³-hybridized carbons (Fsp3) is 0.176. The third-order valence-electron chi connectivity index (χ3n) is 3.46. The molecule has 0 spiro atoms. The van der Waals surface area contributed by atoms with Crippen LogP contribution < -0.4 is 4.74 Å². The lowest BCUT2D eigenvalue weighted by Gasteiger charge is -2.11. The van der Waals surface area contributed by atoms with Crippen LogP contribution in [-0.2, 0) is 6.61 Å². The molecule has 112 valence electrons. The fourth-order valence-electron chi connectivity index (χ4n) is 2.30. The Morgan fingerprint density at radius 2 is 1.91 bits per heavy atom. The van der Waals surface area contributed by atoms with Crippen molar-refractivity contribution in [1.29, 1.82) is 0 Å². The molecule has 4 nitrogen and oxygen atoms in total. The van der Waals surface area contributed by atoms with Gasteiger partial charge in [-0.3, -0.25) is 9.67 Å². The number of aromatic amines is 1. The smallest absolute Gasteiger partial charge is 0.199 e. The molecule has 3 rings (SSSR count). The van der Waals surface area contributed by atoms with Crippen molar-refractivity contribution in [2.45, 2.75) is 20.5 Å². The molecule has 0 fully saturated rings. The van der Waals surface area contributed by atoms with Gasteiger partial charge in [-0.1, -0.05) is 30.3 Å². The van der Waals surface area contributed by atoms with Gasteiger partial charge in [0.05, 0.1) is 5.69 Å². The molecule has 0 aliphatic heterocycles. The summed E-state index contributed by atoms with van der Waals surface area (Å²) in [6.07, 6.45) is 0. The molecular weight excluding hydrogens is 294 g/mol. The summed E-state index contributed by atoms with van der Waals surface area (Å²) in [5, 5.41) is 7.15. The Kier molecular flexibility index (Phi) is 4.06. The van der Waals surface area contributed by atoms with E-state index in [0.29, 0.717) is 11.4 Å². The molecule has 0 aliphatic carbocycles. The summed E-state index contributed by atoms with van der Waals surface area (Å²) in [5.41, 5.74) is 3.35. The highest BCUT2D eigenvalue weighted by Gasteiger charge is 2.11. The van der Waals surface area contributed by atoms with Gasteiger partial charge >= 0.3 is 0 Å². The quantitative estimate of drug-likeness (QED) is 0.737. The normalized spacial score (nSPS) is 10.6. The van der Waals surface area contributed by atoms with Crippen molar-refractivity contribution >= 4 is 12.2 Å². The number of nitrogens with one attached hydrogen (secondary N) is 1. The van der Waals surface area contributed by atoms with Gasteiger partial charge in [-0.2, -0.15) is 5.10 Å². The van der Waals surface area contributed by atoms with Gasteiger partial charge in [-0.25, -0.2) is 0 Å². The van der Waals surface area contributed by atoms with E-state index in [4.69, 9.17) is 17.0 Å². The number of rotatable bonds is 4. The zero-order valence-corrected chi connectivity index (χ0v) is 13.4. The second-order valence-electron chi connectivity index (χ2n) is 5.17. The van der Waals surface area contributed by atoms with Gasteiger partial charge in [0.2, 0.25) is 0 Å². The van der Waals surface area contributed by atoms with Gasteiger partial charge in [0.25, 0.3) is 0 Å². The number of aryl methyl sites for hydroxylation is 2. The lowest BCUT2D eigenvalue weighted by molar-refractivity contribution is 0.293. The molecular formula is C17H17N3OS. The molecule has 0 aliphatic rings. The van der Waals surface area contributed by atoms with Gasteiger partial charge in [0.1, 0.15) is 12.4 Å². The van der Waals surface area contributed by atoms with E-state index in [1.54, 1.807) is 0 Å². The molecule has 22 heavy (non-hydrogen) atoms. The summed E-state index contributed by atoms with van der Waals surface area (Å²) >= 11 is 5.38. The summed E-state index contributed by atoms with van der Waals surface area (Å²) in [4.78, 5) is 0. The number of aromatic nitrogens is 3. The molecule has 0 saturated carbocycles. The Bertz CT molecular complexity index is 837. The van der Waals surface area contributed by atoms with Crippen molar-refractivity contribution in [3.63, 3.8) is 0 Å². The van der Waals surface area contributed by atoms with Crippen LogP contribution in [0.25, 0.3) is 5.69 Å². The molecule has 3 aromatic rings. The number of H-pyrrole nitrogens is 1. The van der Waals surface area contributed by atoms with E-state index in [-0.39, 0.29) is 0 Å². The third kappa shape index (κ3) is 2.94. The number of hydrogen-bond acceptors (Lipinski definition) is 3. The SMILES string of the molecule is Cc1ccc(C)c(-n2c(COc3ccccc3)n[nH]c2=S)c1. The maximum Gasteiger partial charge on any atom is 0.199 e. The molecule has 2 aromatic carbocycles. The van der Waals surface area contributed by atoms with Crippen molar-refractivity contribution in [3.8, 4) is 11.4 Å². The predicted octanol–water partition coefficient (Wildman–Crippen LogP) is 4.13. The summed E-state index contributed by atoms with van der Waals surface area (Å²) in [5.74, 6) is 1.56.